The van der Waals surface area contributed by atoms with E-state index in [1.165, 1.54) is 18.2 Å². The first kappa shape index (κ1) is 24.2. The smallest absolute Gasteiger partial charge is 0.381 e. The molecule has 0 spiro atoms. The molecule has 1 amide bonds. The highest BCUT2D eigenvalue weighted by atomic mass is 32.2. The summed E-state index contributed by atoms with van der Waals surface area (Å²) in [4.78, 5) is 12.5. The number of sulfonamides is 1. The molecule has 0 bridgehead atoms. The molecule has 1 aliphatic heterocycles. The number of benzene rings is 2. The lowest BCUT2D eigenvalue weighted by Crippen LogP contribution is -2.45. The van der Waals surface area contributed by atoms with E-state index in [1.54, 1.807) is 24.3 Å². The second-order valence-corrected chi connectivity index (χ2v) is 9.48. The molecule has 0 unspecified atom stereocenters. The van der Waals surface area contributed by atoms with Gasteiger partial charge in [-0.3, -0.25) is 4.79 Å². The number of carbonyl (C=O) groups is 1. The summed E-state index contributed by atoms with van der Waals surface area (Å²) in [5, 5.41) is 2.77. The Bertz CT molecular complexity index is 1020. The van der Waals surface area contributed by atoms with E-state index < -0.39 is 33.1 Å². The minimum atomic E-state index is -4.46. The second-order valence-electron chi connectivity index (χ2n) is 7.71. The maximum absolute atomic E-state index is 13.2. The Hall–Kier alpha value is -2.43. The van der Waals surface area contributed by atoms with Crippen molar-refractivity contribution < 1.29 is 31.1 Å². The fraction of sp³-hybridized carbons (Fsp3) is 0.409. The van der Waals surface area contributed by atoms with Gasteiger partial charge in [-0.05, 0) is 36.6 Å². The van der Waals surface area contributed by atoms with Crippen LogP contribution in [-0.4, -0.2) is 40.6 Å². The molecular weight excluding hydrogens is 445 g/mol. The molecule has 1 fully saturated rings. The van der Waals surface area contributed by atoms with Crippen LogP contribution in [0.2, 0.25) is 0 Å². The highest BCUT2D eigenvalue weighted by Crippen LogP contribution is 2.37. The summed E-state index contributed by atoms with van der Waals surface area (Å²) < 4.78 is 71.7. The molecule has 2 aromatic carbocycles. The zero-order valence-corrected chi connectivity index (χ0v) is 18.1. The molecule has 1 saturated heterocycles. The number of halogens is 3. The maximum Gasteiger partial charge on any atom is 0.416 e. The van der Waals surface area contributed by atoms with Crippen molar-refractivity contribution in [2.45, 2.75) is 35.7 Å². The quantitative estimate of drug-likeness (QED) is 0.621. The Balaban J connectivity index is 1.62. The minimum absolute atomic E-state index is 0.0945. The van der Waals surface area contributed by atoms with Crippen molar-refractivity contribution in [1.29, 1.82) is 0 Å². The van der Waals surface area contributed by atoms with E-state index in [9.17, 15) is 26.4 Å². The van der Waals surface area contributed by atoms with Gasteiger partial charge in [0.05, 0.1) is 10.5 Å². The summed E-state index contributed by atoms with van der Waals surface area (Å²) in [5.74, 6) is -0.390. The molecule has 2 aromatic rings. The van der Waals surface area contributed by atoms with Gasteiger partial charge in [0, 0.05) is 38.1 Å². The van der Waals surface area contributed by atoms with Crippen molar-refractivity contribution in [2.75, 3.05) is 26.3 Å². The fourth-order valence-corrected chi connectivity index (χ4v) is 4.75. The molecule has 6 nitrogen and oxygen atoms in total. The summed E-state index contributed by atoms with van der Waals surface area (Å²) in [7, 11) is -3.72. The van der Waals surface area contributed by atoms with Crippen LogP contribution in [0.15, 0.2) is 59.5 Å². The van der Waals surface area contributed by atoms with Gasteiger partial charge in [0.1, 0.15) is 0 Å². The number of amides is 1. The van der Waals surface area contributed by atoms with E-state index in [2.05, 4.69) is 10.0 Å². The molecule has 32 heavy (non-hydrogen) atoms. The fourth-order valence-electron chi connectivity index (χ4n) is 3.69. The maximum atomic E-state index is 13.2. The number of rotatable bonds is 8. The Labute approximate surface area is 185 Å². The van der Waals surface area contributed by atoms with Crippen LogP contribution in [0.3, 0.4) is 0 Å². The molecule has 0 aromatic heterocycles. The van der Waals surface area contributed by atoms with Crippen molar-refractivity contribution in [1.82, 2.24) is 10.0 Å². The molecule has 2 N–H and O–H groups in total. The molecule has 1 aliphatic rings. The predicted molar refractivity (Wildman–Crippen MR) is 112 cm³/mol. The Kier molecular flexibility index (Phi) is 7.58. The monoisotopic (exact) mass is 470 g/mol. The normalized spacial score (nSPS) is 16.5. The van der Waals surface area contributed by atoms with Gasteiger partial charge in [-0.25, -0.2) is 13.1 Å². The molecular formula is C22H25F3N2O4S. The van der Waals surface area contributed by atoms with Crippen LogP contribution >= 0.6 is 0 Å². The standard InChI is InChI=1S/C22H25F3N2O4S/c23-22(24,25)18-6-4-5-17(15-18)21(10-13-31-14-11-21)16-26-20(28)9-12-27-32(29,30)19-7-2-1-3-8-19/h1-8,15,27H,9-14,16H2,(H,26,28). The molecule has 1 heterocycles. The third kappa shape index (κ3) is 6.08. The van der Waals surface area contributed by atoms with Gasteiger partial charge in [0.15, 0.2) is 0 Å². The van der Waals surface area contributed by atoms with Crippen LogP contribution in [0.5, 0.6) is 0 Å². The van der Waals surface area contributed by atoms with Crippen molar-refractivity contribution in [3.05, 3.63) is 65.7 Å². The summed E-state index contributed by atoms with van der Waals surface area (Å²) in [6.45, 7) is 0.802. The van der Waals surface area contributed by atoms with Crippen LogP contribution in [-0.2, 0) is 31.1 Å². The average molecular weight is 471 g/mol. The van der Waals surface area contributed by atoms with Gasteiger partial charge >= 0.3 is 6.18 Å². The highest BCUT2D eigenvalue weighted by molar-refractivity contribution is 7.89. The number of nitrogens with one attached hydrogen (secondary N) is 2. The van der Waals surface area contributed by atoms with Gasteiger partial charge in [-0.15, -0.1) is 0 Å². The second kappa shape index (κ2) is 10.0. The molecule has 0 aliphatic carbocycles. The van der Waals surface area contributed by atoms with Crippen LogP contribution < -0.4 is 10.0 Å². The Morgan fingerprint density at radius 3 is 2.38 bits per heavy atom. The Morgan fingerprint density at radius 1 is 1.03 bits per heavy atom. The summed E-state index contributed by atoms with van der Waals surface area (Å²) in [6.07, 6.45) is -3.62. The first-order valence-corrected chi connectivity index (χ1v) is 11.7. The molecule has 0 atom stereocenters. The lowest BCUT2D eigenvalue weighted by Gasteiger charge is -2.38. The zero-order valence-electron chi connectivity index (χ0n) is 17.3. The van der Waals surface area contributed by atoms with Crippen LogP contribution in [0.25, 0.3) is 0 Å². The van der Waals surface area contributed by atoms with E-state index in [4.69, 9.17) is 4.74 Å². The van der Waals surface area contributed by atoms with Crippen LogP contribution in [0.4, 0.5) is 13.2 Å². The summed E-state index contributed by atoms with van der Waals surface area (Å²) >= 11 is 0. The SMILES string of the molecule is O=C(CCNS(=O)(=O)c1ccccc1)NCC1(c2cccc(C(F)(F)F)c2)CCOCC1. The lowest BCUT2D eigenvalue weighted by atomic mass is 9.73. The average Bonchev–Trinajstić information content (AvgIpc) is 2.78. The number of carbonyl (C=O) groups excluding carboxylic acids is 1. The molecule has 10 heteroatoms. The van der Waals surface area contributed by atoms with Gasteiger partial charge in [0.25, 0.3) is 0 Å². The minimum Gasteiger partial charge on any atom is -0.381 e. The highest BCUT2D eigenvalue weighted by Gasteiger charge is 2.37. The van der Waals surface area contributed by atoms with E-state index >= 15 is 0 Å². The first-order chi connectivity index (χ1) is 15.1. The van der Waals surface area contributed by atoms with Gasteiger partial charge in [0.2, 0.25) is 15.9 Å². The van der Waals surface area contributed by atoms with E-state index in [0.29, 0.717) is 31.6 Å². The first-order valence-electron chi connectivity index (χ1n) is 10.2. The summed E-state index contributed by atoms with van der Waals surface area (Å²) in [6, 6.07) is 13.0. The summed E-state index contributed by atoms with van der Waals surface area (Å²) in [5.41, 5.74) is -0.915. The molecule has 3 rings (SSSR count). The third-order valence-corrected chi connectivity index (χ3v) is 7.05. The molecule has 174 valence electrons. The topological polar surface area (TPSA) is 84.5 Å². The predicted octanol–water partition coefficient (Wildman–Crippen LogP) is 3.24. The number of alkyl halides is 3. The van der Waals surface area contributed by atoms with Gasteiger partial charge in [-0.2, -0.15) is 13.2 Å². The largest absolute Gasteiger partial charge is 0.416 e. The van der Waals surface area contributed by atoms with E-state index in [0.717, 1.165) is 12.1 Å². The van der Waals surface area contributed by atoms with Crippen molar-refractivity contribution in [3.63, 3.8) is 0 Å². The number of hydrogen-bond acceptors (Lipinski definition) is 4. The van der Waals surface area contributed by atoms with Gasteiger partial charge in [-0.1, -0.05) is 36.4 Å². The van der Waals surface area contributed by atoms with Gasteiger partial charge < -0.3 is 10.1 Å². The molecule has 0 saturated carbocycles. The number of ether oxygens (including phenoxy) is 1. The Morgan fingerprint density at radius 2 is 1.72 bits per heavy atom. The van der Waals surface area contributed by atoms with E-state index in [1.807, 2.05) is 0 Å². The zero-order chi connectivity index (χ0) is 23.2. The van der Waals surface area contributed by atoms with E-state index in [-0.39, 0.29) is 24.4 Å². The molecule has 0 radical (unpaired) electrons. The van der Waals surface area contributed by atoms with Crippen molar-refractivity contribution in [3.8, 4) is 0 Å². The lowest BCUT2D eigenvalue weighted by molar-refractivity contribution is -0.137. The van der Waals surface area contributed by atoms with Crippen molar-refractivity contribution in [2.24, 2.45) is 0 Å². The third-order valence-electron chi connectivity index (χ3n) is 5.57. The van der Waals surface area contributed by atoms with Crippen molar-refractivity contribution >= 4 is 15.9 Å². The number of hydrogen-bond donors (Lipinski definition) is 2. The van der Waals surface area contributed by atoms with Crippen LogP contribution in [0.1, 0.15) is 30.4 Å². The van der Waals surface area contributed by atoms with Crippen LogP contribution in [0, 0.1) is 0 Å².